The predicted octanol–water partition coefficient (Wildman–Crippen LogP) is 5.05. The quantitative estimate of drug-likeness (QED) is 0.341. The number of pyridine rings is 1. The lowest BCUT2D eigenvalue weighted by Gasteiger charge is -2.19. The number of thioether (sulfide) groups is 1. The van der Waals surface area contributed by atoms with E-state index in [0.717, 1.165) is 46.4 Å². The third-order valence-corrected chi connectivity index (χ3v) is 7.17. The third kappa shape index (κ3) is 4.39. The molecule has 4 aromatic rings. The second kappa shape index (κ2) is 9.14. The van der Waals surface area contributed by atoms with Gasteiger partial charge in [-0.3, -0.25) is 14.3 Å². The van der Waals surface area contributed by atoms with Crippen LogP contribution in [0.2, 0.25) is 0 Å². The fourth-order valence-corrected chi connectivity index (χ4v) is 5.14. The molecule has 35 heavy (non-hydrogen) atoms. The van der Waals surface area contributed by atoms with E-state index in [1.807, 2.05) is 36.4 Å². The van der Waals surface area contributed by atoms with Gasteiger partial charge in [0.15, 0.2) is 11.0 Å². The number of benzene rings is 1. The highest BCUT2D eigenvalue weighted by Gasteiger charge is 2.36. The van der Waals surface area contributed by atoms with Gasteiger partial charge in [-0.25, -0.2) is 5.01 Å². The molecule has 8 nitrogen and oxygen atoms in total. The van der Waals surface area contributed by atoms with E-state index in [9.17, 15) is 4.79 Å². The minimum atomic E-state index is -0.262. The Labute approximate surface area is 207 Å². The molecule has 1 fully saturated rings. The molecule has 1 atom stereocenters. The summed E-state index contributed by atoms with van der Waals surface area (Å²) in [6.07, 6.45) is 7.95. The van der Waals surface area contributed by atoms with Crippen molar-refractivity contribution in [3.63, 3.8) is 0 Å². The first-order valence-electron chi connectivity index (χ1n) is 11.7. The number of aryl methyl sites for hydroxylation is 1. The highest BCUT2D eigenvalue weighted by atomic mass is 32.2. The van der Waals surface area contributed by atoms with Crippen LogP contribution in [-0.2, 0) is 4.79 Å². The van der Waals surface area contributed by atoms with Crippen molar-refractivity contribution in [2.24, 2.45) is 5.10 Å². The first kappa shape index (κ1) is 21.8. The summed E-state index contributed by atoms with van der Waals surface area (Å²) in [5, 5.41) is 15.9. The minimum Gasteiger partial charge on any atom is -0.467 e. The summed E-state index contributed by atoms with van der Waals surface area (Å²) in [6, 6.07) is 15.9. The normalized spacial score (nSPS) is 17.6. The topological polar surface area (TPSA) is 89.4 Å². The van der Waals surface area contributed by atoms with Gasteiger partial charge < -0.3 is 4.42 Å². The Hall–Kier alpha value is -3.72. The predicted molar refractivity (Wildman–Crippen MR) is 133 cm³/mol. The van der Waals surface area contributed by atoms with Crippen LogP contribution in [0.25, 0.3) is 11.4 Å². The lowest BCUT2D eigenvalue weighted by molar-refractivity contribution is -0.130. The fraction of sp³-hybridized carbons (Fsp3) is 0.269. The molecule has 1 amide bonds. The number of hydrogen-bond acceptors (Lipinski definition) is 7. The lowest BCUT2D eigenvalue weighted by atomic mass is 10.0. The average Bonchev–Trinajstić information content (AvgIpc) is 3.28. The van der Waals surface area contributed by atoms with Crippen LogP contribution in [0, 0.1) is 6.92 Å². The summed E-state index contributed by atoms with van der Waals surface area (Å²) < 4.78 is 7.81. The molecule has 0 radical (unpaired) electrons. The molecule has 0 saturated heterocycles. The van der Waals surface area contributed by atoms with Crippen LogP contribution >= 0.6 is 11.8 Å². The van der Waals surface area contributed by atoms with E-state index in [1.165, 1.54) is 17.3 Å². The molecule has 9 heteroatoms. The second-order valence-electron chi connectivity index (χ2n) is 8.82. The Balaban J connectivity index is 1.24. The zero-order valence-corrected chi connectivity index (χ0v) is 20.1. The van der Waals surface area contributed by atoms with Gasteiger partial charge in [-0.2, -0.15) is 5.10 Å². The molecule has 1 aromatic carbocycles. The molecule has 4 heterocycles. The van der Waals surface area contributed by atoms with Gasteiger partial charge >= 0.3 is 0 Å². The Morgan fingerprint density at radius 2 is 1.94 bits per heavy atom. The third-order valence-electron chi connectivity index (χ3n) is 6.24. The van der Waals surface area contributed by atoms with Gasteiger partial charge in [-0.1, -0.05) is 41.6 Å². The van der Waals surface area contributed by atoms with Crippen LogP contribution in [0.4, 0.5) is 0 Å². The number of carbonyl (C=O) groups is 1. The highest BCUT2D eigenvalue weighted by molar-refractivity contribution is 7.99. The van der Waals surface area contributed by atoms with Crippen molar-refractivity contribution < 1.29 is 9.21 Å². The van der Waals surface area contributed by atoms with Gasteiger partial charge in [0, 0.05) is 30.4 Å². The average molecular weight is 485 g/mol. The minimum absolute atomic E-state index is 0.0909. The van der Waals surface area contributed by atoms with Crippen molar-refractivity contribution >= 4 is 23.4 Å². The van der Waals surface area contributed by atoms with E-state index >= 15 is 0 Å². The number of hydrazone groups is 1. The van der Waals surface area contributed by atoms with E-state index in [1.54, 1.807) is 23.7 Å². The molecule has 2 aliphatic rings. The smallest absolute Gasteiger partial charge is 0.253 e. The van der Waals surface area contributed by atoms with Crippen LogP contribution in [0.3, 0.4) is 0 Å². The van der Waals surface area contributed by atoms with Crippen LogP contribution in [0.15, 0.2) is 81.9 Å². The number of amides is 1. The van der Waals surface area contributed by atoms with Gasteiger partial charge in [0.2, 0.25) is 0 Å². The first-order valence-corrected chi connectivity index (χ1v) is 12.6. The summed E-state index contributed by atoms with van der Waals surface area (Å²) >= 11 is 1.40. The number of aromatic nitrogens is 4. The van der Waals surface area contributed by atoms with Crippen molar-refractivity contribution in [2.75, 3.05) is 5.75 Å². The van der Waals surface area contributed by atoms with Gasteiger partial charge in [0.05, 0.1) is 17.7 Å². The maximum absolute atomic E-state index is 13.4. The Morgan fingerprint density at radius 1 is 1.09 bits per heavy atom. The maximum Gasteiger partial charge on any atom is 0.253 e. The lowest BCUT2D eigenvalue weighted by Crippen LogP contribution is -2.28. The van der Waals surface area contributed by atoms with E-state index in [-0.39, 0.29) is 17.7 Å². The summed E-state index contributed by atoms with van der Waals surface area (Å²) in [5.74, 6) is 1.64. The van der Waals surface area contributed by atoms with Gasteiger partial charge in [0.1, 0.15) is 11.8 Å². The van der Waals surface area contributed by atoms with E-state index in [2.05, 4.69) is 38.8 Å². The maximum atomic E-state index is 13.4. The molecular weight excluding hydrogens is 460 g/mol. The number of hydrogen-bond donors (Lipinski definition) is 0. The monoisotopic (exact) mass is 484 g/mol. The Bertz CT molecular complexity index is 1360. The molecule has 0 unspecified atom stereocenters. The van der Waals surface area contributed by atoms with Crippen LogP contribution < -0.4 is 0 Å². The molecule has 0 N–H and O–H groups in total. The molecule has 0 spiro atoms. The molecule has 1 saturated carbocycles. The first-order chi connectivity index (χ1) is 17.2. The number of furan rings is 1. The molecule has 3 aromatic heterocycles. The zero-order valence-electron chi connectivity index (χ0n) is 19.2. The number of rotatable bonds is 7. The second-order valence-corrected chi connectivity index (χ2v) is 9.77. The summed E-state index contributed by atoms with van der Waals surface area (Å²) in [4.78, 5) is 17.6. The molecular formula is C26H24N6O2S. The van der Waals surface area contributed by atoms with Crippen molar-refractivity contribution in [1.29, 1.82) is 0 Å². The van der Waals surface area contributed by atoms with Crippen molar-refractivity contribution in [3.8, 4) is 11.4 Å². The van der Waals surface area contributed by atoms with Gasteiger partial charge in [0.25, 0.3) is 5.91 Å². The highest BCUT2D eigenvalue weighted by Crippen LogP contribution is 2.41. The van der Waals surface area contributed by atoms with Crippen molar-refractivity contribution in [2.45, 2.75) is 43.4 Å². The largest absolute Gasteiger partial charge is 0.467 e. The van der Waals surface area contributed by atoms with Gasteiger partial charge in [-0.15, -0.1) is 10.2 Å². The summed E-state index contributed by atoms with van der Waals surface area (Å²) in [6.45, 7) is 2.05. The van der Waals surface area contributed by atoms with E-state index in [0.29, 0.717) is 12.5 Å². The van der Waals surface area contributed by atoms with Crippen LogP contribution in [-0.4, -0.2) is 42.1 Å². The molecule has 0 bridgehead atoms. The molecule has 1 aliphatic heterocycles. The summed E-state index contributed by atoms with van der Waals surface area (Å²) in [5.41, 5.74) is 4.01. The Morgan fingerprint density at radius 3 is 2.66 bits per heavy atom. The number of carbonyl (C=O) groups excluding carboxylic acids is 1. The van der Waals surface area contributed by atoms with Crippen molar-refractivity contribution in [1.82, 2.24) is 24.8 Å². The van der Waals surface area contributed by atoms with Gasteiger partial charge in [-0.05, 0) is 49.6 Å². The standard InChI is InChI=1S/C26H24N6O2S/c1-17-6-8-18(9-7-17)21-14-22(23-5-3-13-34-23)32(30-21)24(33)16-35-26-29-28-25(31(26)20-10-11-20)19-4-2-12-27-15-19/h2-9,12-13,15,20,22H,10-11,14,16H2,1H3/t22-/m0/s1. The van der Waals surface area contributed by atoms with Crippen molar-refractivity contribution in [3.05, 3.63) is 84.1 Å². The van der Waals surface area contributed by atoms with Crippen LogP contribution in [0.1, 0.15) is 48.2 Å². The molecule has 1 aliphatic carbocycles. The SMILES string of the molecule is Cc1ccc(C2=NN(C(=O)CSc3nnc(-c4cccnc4)n3C3CC3)[C@H](c3ccco3)C2)cc1. The molecule has 6 rings (SSSR count). The fourth-order valence-electron chi connectivity index (χ4n) is 4.28. The zero-order chi connectivity index (χ0) is 23.8. The van der Waals surface area contributed by atoms with E-state index < -0.39 is 0 Å². The van der Waals surface area contributed by atoms with Crippen LogP contribution in [0.5, 0.6) is 0 Å². The van der Waals surface area contributed by atoms with E-state index in [4.69, 9.17) is 9.52 Å². The Kier molecular flexibility index (Phi) is 5.69. The molecule has 176 valence electrons. The summed E-state index contributed by atoms with van der Waals surface area (Å²) in [7, 11) is 0. The number of nitrogens with zero attached hydrogens (tertiary/aromatic N) is 6.